The lowest BCUT2D eigenvalue weighted by Crippen LogP contribution is -2.52. The van der Waals surface area contributed by atoms with E-state index in [0.717, 1.165) is 25.6 Å². The van der Waals surface area contributed by atoms with Crippen molar-refractivity contribution < 1.29 is 9.53 Å². The number of carbonyl (C=O) groups excluding carboxylic acids is 1. The molecular weight excluding hydrogens is 192 g/mol. The Kier molecular flexibility index (Phi) is 3.14. The lowest BCUT2D eigenvalue weighted by Gasteiger charge is -2.36. The summed E-state index contributed by atoms with van der Waals surface area (Å²) in [6.45, 7) is 6.15. The summed E-state index contributed by atoms with van der Waals surface area (Å²) in [4.78, 5) is 15.7. The second-order valence-corrected chi connectivity index (χ2v) is 4.57. The van der Waals surface area contributed by atoms with Crippen LogP contribution in [-0.4, -0.2) is 55.2 Å². The number of piperazine rings is 1. The van der Waals surface area contributed by atoms with Crippen LogP contribution in [0.25, 0.3) is 0 Å². The molecule has 0 N–H and O–H groups in total. The van der Waals surface area contributed by atoms with Gasteiger partial charge >= 0.3 is 6.09 Å². The highest BCUT2D eigenvalue weighted by molar-refractivity contribution is 5.67. The molecule has 2 atom stereocenters. The third-order valence-electron chi connectivity index (χ3n) is 3.71. The van der Waals surface area contributed by atoms with Gasteiger partial charge in [-0.25, -0.2) is 4.79 Å². The smallest absolute Gasteiger partial charge is 0.409 e. The first kappa shape index (κ1) is 10.7. The fourth-order valence-electron chi connectivity index (χ4n) is 2.74. The van der Waals surface area contributed by atoms with Gasteiger partial charge < -0.3 is 9.64 Å². The Morgan fingerprint density at radius 2 is 2.20 bits per heavy atom. The van der Waals surface area contributed by atoms with Crippen LogP contribution in [0.3, 0.4) is 0 Å². The average molecular weight is 212 g/mol. The number of fused-ring (bicyclic) bond motifs is 1. The Labute approximate surface area is 91.2 Å². The van der Waals surface area contributed by atoms with Crippen molar-refractivity contribution in [1.82, 2.24) is 9.80 Å². The van der Waals surface area contributed by atoms with Gasteiger partial charge in [0.2, 0.25) is 0 Å². The third-order valence-corrected chi connectivity index (χ3v) is 3.71. The molecule has 4 nitrogen and oxygen atoms in total. The maximum absolute atomic E-state index is 11.4. The molecule has 86 valence electrons. The maximum Gasteiger partial charge on any atom is 0.409 e. The molecular formula is C11H20N2O2. The molecule has 2 rings (SSSR count). The van der Waals surface area contributed by atoms with Gasteiger partial charge in [-0.15, -0.1) is 0 Å². The maximum atomic E-state index is 11.4. The lowest BCUT2D eigenvalue weighted by atomic mass is 10.0. The second kappa shape index (κ2) is 4.39. The summed E-state index contributed by atoms with van der Waals surface area (Å²) in [6.07, 6.45) is 2.32. The predicted molar refractivity (Wildman–Crippen MR) is 57.7 cm³/mol. The number of methoxy groups -OCH3 is 1. The fourth-order valence-corrected chi connectivity index (χ4v) is 2.74. The van der Waals surface area contributed by atoms with Crippen molar-refractivity contribution in [2.24, 2.45) is 5.92 Å². The van der Waals surface area contributed by atoms with Crippen LogP contribution in [-0.2, 0) is 4.74 Å². The van der Waals surface area contributed by atoms with E-state index in [2.05, 4.69) is 11.8 Å². The highest BCUT2D eigenvalue weighted by Crippen LogP contribution is 2.28. The van der Waals surface area contributed by atoms with Crippen molar-refractivity contribution in [3.63, 3.8) is 0 Å². The fraction of sp³-hybridized carbons (Fsp3) is 0.909. The van der Waals surface area contributed by atoms with Gasteiger partial charge in [0.25, 0.3) is 0 Å². The van der Waals surface area contributed by atoms with Crippen LogP contribution in [0.5, 0.6) is 0 Å². The number of amides is 1. The molecule has 0 aromatic heterocycles. The summed E-state index contributed by atoms with van der Waals surface area (Å²) in [5, 5.41) is 0. The molecule has 2 saturated heterocycles. The number of rotatable bonds is 1. The molecule has 0 spiro atoms. The molecule has 2 fully saturated rings. The number of nitrogens with zero attached hydrogens (tertiary/aromatic N) is 2. The van der Waals surface area contributed by atoms with Crippen LogP contribution < -0.4 is 0 Å². The monoisotopic (exact) mass is 212 g/mol. The van der Waals surface area contributed by atoms with Gasteiger partial charge in [0.05, 0.1) is 7.11 Å². The van der Waals surface area contributed by atoms with Crippen molar-refractivity contribution in [1.29, 1.82) is 0 Å². The van der Waals surface area contributed by atoms with Crippen molar-refractivity contribution in [3.8, 4) is 0 Å². The quantitative estimate of drug-likeness (QED) is 0.654. The van der Waals surface area contributed by atoms with Crippen LogP contribution >= 0.6 is 0 Å². The van der Waals surface area contributed by atoms with Crippen LogP contribution in [0.15, 0.2) is 0 Å². The molecule has 2 unspecified atom stereocenters. The summed E-state index contributed by atoms with van der Waals surface area (Å²) >= 11 is 0. The molecule has 0 bridgehead atoms. The molecule has 2 aliphatic heterocycles. The Hall–Kier alpha value is -0.770. The minimum absolute atomic E-state index is 0.172. The molecule has 0 aromatic rings. The van der Waals surface area contributed by atoms with Crippen LogP contribution in [0.2, 0.25) is 0 Å². The van der Waals surface area contributed by atoms with Crippen molar-refractivity contribution in [2.45, 2.75) is 25.8 Å². The van der Waals surface area contributed by atoms with E-state index in [0.29, 0.717) is 6.04 Å². The van der Waals surface area contributed by atoms with Crippen LogP contribution in [0.1, 0.15) is 19.8 Å². The standard InChI is InChI=1S/C11H20N2O2/c1-3-9-6-10-8-13(11(14)15-2)5-4-12(10)7-9/h9-10H,3-8H2,1-2H3. The topological polar surface area (TPSA) is 32.8 Å². The third kappa shape index (κ3) is 2.09. The first-order valence-corrected chi connectivity index (χ1v) is 5.81. The van der Waals surface area contributed by atoms with Gasteiger partial charge in [0, 0.05) is 32.2 Å². The summed E-state index contributed by atoms with van der Waals surface area (Å²) in [7, 11) is 1.46. The Balaban J connectivity index is 1.92. The predicted octanol–water partition coefficient (Wildman–Crippen LogP) is 1.17. The summed E-state index contributed by atoms with van der Waals surface area (Å²) in [5.41, 5.74) is 0. The van der Waals surface area contributed by atoms with Gasteiger partial charge in [0.1, 0.15) is 0 Å². The van der Waals surface area contributed by atoms with Gasteiger partial charge in [-0.3, -0.25) is 4.90 Å². The molecule has 0 aliphatic carbocycles. The number of hydrogen-bond donors (Lipinski definition) is 0. The number of carbonyl (C=O) groups is 1. The van der Waals surface area contributed by atoms with E-state index < -0.39 is 0 Å². The van der Waals surface area contributed by atoms with Gasteiger partial charge in [-0.1, -0.05) is 13.3 Å². The summed E-state index contributed by atoms with van der Waals surface area (Å²) in [6, 6.07) is 0.572. The summed E-state index contributed by atoms with van der Waals surface area (Å²) in [5.74, 6) is 0.826. The molecule has 0 radical (unpaired) electrons. The van der Waals surface area contributed by atoms with E-state index >= 15 is 0 Å². The van der Waals surface area contributed by atoms with E-state index in [1.807, 2.05) is 4.90 Å². The first-order chi connectivity index (χ1) is 7.24. The zero-order valence-electron chi connectivity index (χ0n) is 9.61. The Bertz CT molecular complexity index is 245. The normalized spacial score (nSPS) is 31.5. The Morgan fingerprint density at radius 1 is 1.40 bits per heavy atom. The van der Waals surface area contributed by atoms with Crippen molar-refractivity contribution >= 4 is 6.09 Å². The number of ether oxygens (including phenoxy) is 1. The molecule has 2 aliphatic rings. The van der Waals surface area contributed by atoms with E-state index in [9.17, 15) is 4.79 Å². The highest BCUT2D eigenvalue weighted by Gasteiger charge is 2.36. The zero-order chi connectivity index (χ0) is 10.8. The second-order valence-electron chi connectivity index (χ2n) is 4.57. The molecule has 1 amide bonds. The Morgan fingerprint density at radius 3 is 2.87 bits per heavy atom. The van der Waals surface area contributed by atoms with Crippen molar-refractivity contribution in [2.75, 3.05) is 33.3 Å². The van der Waals surface area contributed by atoms with Gasteiger partial charge in [-0.05, 0) is 12.3 Å². The largest absolute Gasteiger partial charge is 0.453 e. The molecule has 2 heterocycles. The molecule has 0 aromatic carbocycles. The zero-order valence-corrected chi connectivity index (χ0v) is 9.61. The molecule has 4 heteroatoms. The minimum atomic E-state index is -0.172. The average Bonchev–Trinajstić information content (AvgIpc) is 2.69. The van der Waals surface area contributed by atoms with Gasteiger partial charge in [0.15, 0.2) is 0 Å². The van der Waals surface area contributed by atoms with E-state index in [1.54, 1.807) is 0 Å². The molecule has 0 saturated carbocycles. The van der Waals surface area contributed by atoms with Crippen LogP contribution in [0.4, 0.5) is 4.79 Å². The first-order valence-electron chi connectivity index (χ1n) is 5.81. The molecule has 15 heavy (non-hydrogen) atoms. The van der Waals surface area contributed by atoms with E-state index in [-0.39, 0.29) is 6.09 Å². The minimum Gasteiger partial charge on any atom is -0.453 e. The highest BCUT2D eigenvalue weighted by atomic mass is 16.5. The van der Waals surface area contributed by atoms with Crippen LogP contribution in [0, 0.1) is 5.92 Å². The SMILES string of the molecule is CCC1CC2CN(C(=O)OC)CCN2C1. The number of hydrogen-bond acceptors (Lipinski definition) is 3. The van der Waals surface area contributed by atoms with E-state index in [1.165, 1.54) is 26.5 Å². The lowest BCUT2D eigenvalue weighted by molar-refractivity contribution is 0.0768. The van der Waals surface area contributed by atoms with Gasteiger partial charge in [-0.2, -0.15) is 0 Å². The summed E-state index contributed by atoms with van der Waals surface area (Å²) < 4.78 is 4.76. The van der Waals surface area contributed by atoms with Crippen molar-refractivity contribution in [3.05, 3.63) is 0 Å². The van der Waals surface area contributed by atoms with E-state index in [4.69, 9.17) is 4.74 Å².